The lowest BCUT2D eigenvalue weighted by Crippen LogP contribution is -2.38. The molecule has 0 aliphatic heterocycles. The Hall–Kier alpha value is -1.51. The van der Waals surface area contributed by atoms with Gasteiger partial charge in [-0.05, 0) is 38.3 Å². The fourth-order valence-electron chi connectivity index (χ4n) is 3.68. The van der Waals surface area contributed by atoms with Gasteiger partial charge in [-0.1, -0.05) is 75.5 Å². The molecule has 0 aromatic heterocycles. The van der Waals surface area contributed by atoms with E-state index in [0.29, 0.717) is 6.04 Å². The first-order valence-electron chi connectivity index (χ1n) is 10.1. The zero-order valence-electron chi connectivity index (χ0n) is 16.1. The molecule has 0 bridgehead atoms. The Morgan fingerprint density at radius 3 is 2.08 bits per heavy atom. The number of benzene rings is 1. The van der Waals surface area contributed by atoms with Crippen LogP contribution in [0.5, 0.6) is 5.75 Å². The molecule has 1 saturated carbocycles. The Kier molecular flexibility index (Phi) is 8.85. The highest BCUT2D eigenvalue weighted by Gasteiger charge is 2.13. The summed E-state index contributed by atoms with van der Waals surface area (Å²) in [5.41, 5.74) is 2.29. The Morgan fingerprint density at radius 1 is 0.960 bits per heavy atom. The molecule has 1 aliphatic carbocycles. The van der Waals surface area contributed by atoms with Crippen LogP contribution in [-0.2, 0) is 4.79 Å². The monoisotopic (exact) mass is 345 g/mol. The van der Waals surface area contributed by atoms with Gasteiger partial charge >= 0.3 is 0 Å². The molecule has 3 nitrogen and oxygen atoms in total. The first-order chi connectivity index (χ1) is 12.1. The van der Waals surface area contributed by atoms with Gasteiger partial charge in [0.15, 0.2) is 6.61 Å². The zero-order valence-corrected chi connectivity index (χ0v) is 16.1. The zero-order chi connectivity index (χ0) is 17.9. The summed E-state index contributed by atoms with van der Waals surface area (Å²) in [5, 5.41) is 3.21. The molecule has 1 N–H and O–H groups in total. The second-order valence-electron chi connectivity index (χ2n) is 7.58. The standard InChI is InChI=1S/C22H35NO2/c1-18-14-15-21(19(2)16-18)25-17-22(24)23-20-12-10-8-6-4-3-5-7-9-11-13-20/h14-16,20H,3-13,17H2,1-2H3,(H,23,24). The lowest BCUT2D eigenvalue weighted by Gasteiger charge is -2.20. The average Bonchev–Trinajstić information content (AvgIpc) is 2.56. The van der Waals surface area contributed by atoms with Crippen molar-refractivity contribution in [1.82, 2.24) is 5.32 Å². The molecule has 3 heteroatoms. The van der Waals surface area contributed by atoms with Crippen molar-refractivity contribution < 1.29 is 9.53 Å². The number of carbonyl (C=O) groups is 1. The fraction of sp³-hybridized carbons (Fsp3) is 0.682. The van der Waals surface area contributed by atoms with E-state index in [1.165, 1.54) is 63.4 Å². The van der Waals surface area contributed by atoms with Crippen molar-refractivity contribution in [2.24, 2.45) is 0 Å². The van der Waals surface area contributed by atoms with Crippen LogP contribution in [0.3, 0.4) is 0 Å². The Bertz CT molecular complexity index is 515. The van der Waals surface area contributed by atoms with Gasteiger partial charge in [-0.2, -0.15) is 0 Å². The van der Waals surface area contributed by atoms with Crippen LogP contribution in [0.4, 0.5) is 0 Å². The molecule has 0 heterocycles. The van der Waals surface area contributed by atoms with E-state index in [1.54, 1.807) is 0 Å². The largest absolute Gasteiger partial charge is 0.484 e. The molecule has 0 unspecified atom stereocenters. The number of hydrogen-bond acceptors (Lipinski definition) is 2. The minimum absolute atomic E-state index is 0.0112. The number of rotatable bonds is 4. The third-order valence-electron chi connectivity index (χ3n) is 5.16. The highest BCUT2D eigenvalue weighted by Crippen LogP contribution is 2.19. The molecule has 2 rings (SSSR count). The van der Waals surface area contributed by atoms with Crippen molar-refractivity contribution in [3.8, 4) is 5.75 Å². The van der Waals surface area contributed by atoms with Crippen LogP contribution in [0.25, 0.3) is 0 Å². The molecule has 1 amide bonds. The highest BCUT2D eigenvalue weighted by molar-refractivity contribution is 5.77. The van der Waals surface area contributed by atoms with E-state index in [-0.39, 0.29) is 12.5 Å². The number of nitrogens with one attached hydrogen (secondary N) is 1. The normalized spacial score (nSPS) is 18.0. The predicted molar refractivity (Wildman–Crippen MR) is 104 cm³/mol. The van der Waals surface area contributed by atoms with Gasteiger partial charge in [-0.3, -0.25) is 4.79 Å². The molecule has 1 fully saturated rings. The van der Waals surface area contributed by atoms with Crippen LogP contribution in [0, 0.1) is 13.8 Å². The van der Waals surface area contributed by atoms with Gasteiger partial charge in [0.2, 0.25) is 0 Å². The summed E-state index contributed by atoms with van der Waals surface area (Å²) in [6, 6.07) is 6.37. The smallest absolute Gasteiger partial charge is 0.258 e. The quantitative estimate of drug-likeness (QED) is 0.785. The summed E-state index contributed by atoms with van der Waals surface area (Å²) < 4.78 is 5.72. The SMILES string of the molecule is Cc1ccc(OCC(=O)NC2CCCCCCCCCCC2)c(C)c1. The van der Waals surface area contributed by atoms with Gasteiger partial charge in [0, 0.05) is 6.04 Å². The molecule has 1 aliphatic rings. The maximum Gasteiger partial charge on any atom is 0.258 e. The van der Waals surface area contributed by atoms with Crippen LogP contribution < -0.4 is 10.1 Å². The van der Waals surface area contributed by atoms with E-state index in [2.05, 4.69) is 18.3 Å². The van der Waals surface area contributed by atoms with Crippen molar-refractivity contribution in [2.75, 3.05) is 6.61 Å². The van der Waals surface area contributed by atoms with Crippen molar-refractivity contribution in [3.05, 3.63) is 29.3 Å². The minimum Gasteiger partial charge on any atom is -0.484 e. The second-order valence-corrected chi connectivity index (χ2v) is 7.58. The highest BCUT2D eigenvalue weighted by atomic mass is 16.5. The number of aryl methyl sites for hydroxylation is 2. The van der Waals surface area contributed by atoms with Crippen molar-refractivity contribution >= 4 is 5.91 Å². The third-order valence-corrected chi connectivity index (χ3v) is 5.16. The van der Waals surface area contributed by atoms with E-state index in [9.17, 15) is 4.79 Å². The molecular weight excluding hydrogens is 310 g/mol. The Labute approximate surface area is 153 Å². The van der Waals surface area contributed by atoms with Gasteiger partial charge in [0.1, 0.15) is 5.75 Å². The van der Waals surface area contributed by atoms with E-state index in [1.807, 2.05) is 19.1 Å². The molecule has 25 heavy (non-hydrogen) atoms. The van der Waals surface area contributed by atoms with Gasteiger partial charge in [0.05, 0.1) is 0 Å². The van der Waals surface area contributed by atoms with Crippen molar-refractivity contribution in [2.45, 2.75) is 90.5 Å². The van der Waals surface area contributed by atoms with Crippen molar-refractivity contribution in [3.63, 3.8) is 0 Å². The van der Waals surface area contributed by atoms with E-state index >= 15 is 0 Å². The van der Waals surface area contributed by atoms with Gasteiger partial charge in [0.25, 0.3) is 5.91 Å². The average molecular weight is 346 g/mol. The number of carbonyl (C=O) groups excluding carboxylic acids is 1. The van der Waals surface area contributed by atoms with Crippen LogP contribution in [0.15, 0.2) is 18.2 Å². The third kappa shape index (κ3) is 7.94. The molecule has 1 aromatic carbocycles. The van der Waals surface area contributed by atoms with E-state index < -0.39 is 0 Å². The van der Waals surface area contributed by atoms with E-state index in [0.717, 1.165) is 24.2 Å². The predicted octanol–water partition coefficient (Wildman–Crippen LogP) is 5.47. The Balaban J connectivity index is 1.77. The summed E-state index contributed by atoms with van der Waals surface area (Å²) in [5.74, 6) is 0.816. The summed E-state index contributed by atoms with van der Waals surface area (Å²) >= 11 is 0. The molecular formula is C22H35NO2. The van der Waals surface area contributed by atoms with Crippen LogP contribution in [-0.4, -0.2) is 18.6 Å². The number of hydrogen-bond donors (Lipinski definition) is 1. The fourth-order valence-corrected chi connectivity index (χ4v) is 3.68. The van der Waals surface area contributed by atoms with Crippen molar-refractivity contribution in [1.29, 1.82) is 0 Å². The number of ether oxygens (including phenoxy) is 1. The minimum atomic E-state index is 0.0112. The number of amides is 1. The maximum absolute atomic E-state index is 12.3. The van der Waals surface area contributed by atoms with Crippen LogP contribution in [0.2, 0.25) is 0 Å². The molecule has 140 valence electrons. The second kappa shape index (κ2) is 11.2. The first kappa shape index (κ1) is 19.8. The van der Waals surface area contributed by atoms with E-state index in [4.69, 9.17) is 4.74 Å². The maximum atomic E-state index is 12.3. The summed E-state index contributed by atoms with van der Waals surface area (Å²) in [7, 11) is 0. The van der Waals surface area contributed by atoms with Gasteiger partial charge in [-0.25, -0.2) is 0 Å². The summed E-state index contributed by atoms with van der Waals surface area (Å²) in [6.45, 7) is 4.20. The van der Waals surface area contributed by atoms with Gasteiger partial charge < -0.3 is 10.1 Å². The molecule has 0 atom stereocenters. The van der Waals surface area contributed by atoms with Crippen LogP contribution in [0.1, 0.15) is 81.8 Å². The molecule has 0 radical (unpaired) electrons. The topological polar surface area (TPSA) is 38.3 Å². The molecule has 0 spiro atoms. The molecule has 1 aromatic rings. The van der Waals surface area contributed by atoms with Gasteiger partial charge in [-0.15, -0.1) is 0 Å². The summed E-state index contributed by atoms with van der Waals surface area (Å²) in [6.07, 6.45) is 14.1. The molecule has 0 saturated heterocycles. The summed E-state index contributed by atoms with van der Waals surface area (Å²) in [4.78, 5) is 12.3. The lowest BCUT2D eigenvalue weighted by atomic mass is 9.98. The first-order valence-corrected chi connectivity index (χ1v) is 10.1. The Morgan fingerprint density at radius 2 is 1.52 bits per heavy atom. The van der Waals surface area contributed by atoms with Crippen LogP contribution >= 0.6 is 0 Å². The lowest BCUT2D eigenvalue weighted by molar-refractivity contribution is -0.123.